The third kappa shape index (κ3) is 5.37. The summed E-state index contributed by atoms with van der Waals surface area (Å²) in [5.41, 5.74) is 2.23. The van der Waals surface area contributed by atoms with Gasteiger partial charge in [-0.05, 0) is 36.2 Å². The molecule has 1 atom stereocenters. The molecule has 0 radical (unpaired) electrons. The largest absolute Gasteiger partial charge is 0.479 e. The molecule has 1 aliphatic rings. The van der Waals surface area contributed by atoms with E-state index in [9.17, 15) is 4.79 Å². The second kappa shape index (κ2) is 9.62. The molecule has 1 aliphatic heterocycles. The predicted molar refractivity (Wildman–Crippen MR) is 107 cm³/mol. The van der Waals surface area contributed by atoms with Crippen LogP contribution in [0.15, 0.2) is 48.5 Å². The number of nitrogens with one attached hydrogen (secondary N) is 1. The molecule has 1 amide bonds. The van der Waals surface area contributed by atoms with Crippen LogP contribution >= 0.6 is 11.6 Å². The molecule has 27 heavy (non-hydrogen) atoms. The van der Waals surface area contributed by atoms with Gasteiger partial charge in [0.05, 0.1) is 18.2 Å². The summed E-state index contributed by atoms with van der Waals surface area (Å²) < 4.78 is 11.2. The number of amides is 1. The van der Waals surface area contributed by atoms with Gasteiger partial charge in [-0.15, -0.1) is 0 Å². The van der Waals surface area contributed by atoms with Gasteiger partial charge < -0.3 is 19.7 Å². The van der Waals surface area contributed by atoms with Crippen molar-refractivity contribution in [1.82, 2.24) is 5.32 Å². The van der Waals surface area contributed by atoms with Crippen molar-refractivity contribution < 1.29 is 14.3 Å². The van der Waals surface area contributed by atoms with Gasteiger partial charge in [0.2, 0.25) is 0 Å². The molecule has 0 aliphatic carbocycles. The lowest BCUT2D eigenvalue weighted by molar-refractivity contribution is -0.128. The van der Waals surface area contributed by atoms with Crippen LogP contribution in [-0.4, -0.2) is 38.3 Å². The zero-order chi connectivity index (χ0) is 19.1. The Morgan fingerprint density at radius 1 is 1.19 bits per heavy atom. The first-order valence-corrected chi connectivity index (χ1v) is 9.65. The predicted octanol–water partition coefficient (Wildman–Crippen LogP) is 3.65. The molecule has 2 aromatic rings. The lowest BCUT2D eigenvalue weighted by Crippen LogP contribution is -2.37. The summed E-state index contributed by atoms with van der Waals surface area (Å²) in [6.45, 7) is 5.73. The number of para-hydroxylation sites is 1. The van der Waals surface area contributed by atoms with Crippen LogP contribution in [0.2, 0.25) is 5.02 Å². The summed E-state index contributed by atoms with van der Waals surface area (Å²) in [5, 5.41) is 3.45. The Bertz CT molecular complexity index is 745. The summed E-state index contributed by atoms with van der Waals surface area (Å²) in [4.78, 5) is 14.8. The number of hydrogen-bond acceptors (Lipinski definition) is 4. The molecule has 0 aromatic heterocycles. The summed E-state index contributed by atoms with van der Waals surface area (Å²) >= 11 is 6.11. The quantitative estimate of drug-likeness (QED) is 0.786. The van der Waals surface area contributed by atoms with E-state index in [-0.39, 0.29) is 5.91 Å². The van der Waals surface area contributed by atoms with E-state index in [0.717, 1.165) is 31.9 Å². The number of ether oxygens (including phenoxy) is 2. The third-order valence-electron chi connectivity index (χ3n) is 4.55. The Kier molecular flexibility index (Phi) is 6.96. The Labute approximate surface area is 165 Å². The molecule has 1 heterocycles. The van der Waals surface area contributed by atoms with Gasteiger partial charge in [0, 0.05) is 25.3 Å². The SMILES string of the molecule is CC[C@@H](Oc1ccccc1Cl)C(=O)NCc1ccc(N2CCOCC2)cc1. The molecule has 0 saturated carbocycles. The summed E-state index contributed by atoms with van der Waals surface area (Å²) in [7, 11) is 0. The minimum absolute atomic E-state index is 0.144. The molecule has 6 heteroatoms. The fourth-order valence-electron chi connectivity index (χ4n) is 2.96. The first-order chi connectivity index (χ1) is 13.2. The van der Waals surface area contributed by atoms with Gasteiger partial charge in [-0.1, -0.05) is 42.8 Å². The second-order valence-corrected chi connectivity index (χ2v) is 6.84. The van der Waals surface area contributed by atoms with Crippen molar-refractivity contribution in [2.24, 2.45) is 0 Å². The van der Waals surface area contributed by atoms with E-state index >= 15 is 0 Å². The molecule has 3 rings (SSSR count). The lowest BCUT2D eigenvalue weighted by Gasteiger charge is -2.29. The number of nitrogens with zero attached hydrogens (tertiary/aromatic N) is 1. The first-order valence-electron chi connectivity index (χ1n) is 9.28. The van der Waals surface area contributed by atoms with E-state index in [1.165, 1.54) is 5.69 Å². The molecule has 1 saturated heterocycles. The number of morpholine rings is 1. The summed E-state index contributed by atoms with van der Waals surface area (Å²) in [6, 6.07) is 15.4. The molecule has 0 spiro atoms. The maximum atomic E-state index is 12.5. The van der Waals surface area contributed by atoms with Crippen molar-refractivity contribution in [1.29, 1.82) is 0 Å². The maximum Gasteiger partial charge on any atom is 0.261 e. The number of hydrogen-bond donors (Lipinski definition) is 1. The average Bonchev–Trinajstić information content (AvgIpc) is 2.72. The molecule has 1 fully saturated rings. The number of benzene rings is 2. The van der Waals surface area contributed by atoms with Crippen LogP contribution in [0.1, 0.15) is 18.9 Å². The Morgan fingerprint density at radius 3 is 2.56 bits per heavy atom. The zero-order valence-corrected chi connectivity index (χ0v) is 16.2. The lowest BCUT2D eigenvalue weighted by atomic mass is 10.1. The Hall–Kier alpha value is -2.24. The van der Waals surface area contributed by atoms with E-state index in [0.29, 0.717) is 23.7 Å². The fourth-order valence-corrected chi connectivity index (χ4v) is 3.15. The second-order valence-electron chi connectivity index (χ2n) is 6.43. The molecule has 2 aromatic carbocycles. The van der Waals surface area contributed by atoms with Crippen molar-refractivity contribution in [3.8, 4) is 5.75 Å². The third-order valence-corrected chi connectivity index (χ3v) is 4.86. The molecule has 1 N–H and O–H groups in total. The molecule has 0 bridgehead atoms. The normalized spacial score (nSPS) is 15.3. The standard InChI is InChI=1S/C21H25ClN2O3/c1-2-19(27-20-6-4-3-5-18(20)22)21(25)23-15-16-7-9-17(10-8-16)24-11-13-26-14-12-24/h3-10,19H,2,11-15H2,1H3,(H,23,25)/t19-/m1/s1. The van der Waals surface area contributed by atoms with Crippen LogP contribution in [0, 0.1) is 0 Å². The van der Waals surface area contributed by atoms with Crippen molar-refractivity contribution in [3.05, 3.63) is 59.1 Å². The molecule has 5 nitrogen and oxygen atoms in total. The van der Waals surface area contributed by atoms with Crippen molar-refractivity contribution in [2.75, 3.05) is 31.2 Å². The van der Waals surface area contributed by atoms with E-state index < -0.39 is 6.10 Å². The van der Waals surface area contributed by atoms with Gasteiger partial charge in [0.25, 0.3) is 5.91 Å². The van der Waals surface area contributed by atoms with Crippen molar-refractivity contribution >= 4 is 23.2 Å². The van der Waals surface area contributed by atoms with Crippen molar-refractivity contribution in [3.63, 3.8) is 0 Å². The highest BCUT2D eigenvalue weighted by Gasteiger charge is 2.19. The minimum atomic E-state index is -0.572. The number of carbonyl (C=O) groups excluding carboxylic acids is 1. The van der Waals surface area contributed by atoms with Crippen LogP contribution in [0.5, 0.6) is 5.75 Å². The topological polar surface area (TPSA) is 50.8 Å². The minimum Gasteiger partial charge on any atom is -0.479 e. The monoisotopic (exact) mass is 388 g/mol. The summed E-state index contributed by atoms with van der Waals surface area (Å²) in [6.07, 6.45) is -0.00921. The van der Waals surface area contributed by atoms with Gasteiger partial charge in [0.1, 0.15) is 5.75 Å². The Balaban J connectivity index is 1.53. The highest BCUT2D eigenvalue weighted by atomic mass is 35.5. The zero-order valence-electron chi connectivity index (χ0n) is 15.5. The molecular weight excluding hydrogens is 364 g/mol. The number of halogens is 1. The van der Waals surface area contributed by atoms with E-state index in [1.807, 2.05) is 31.2 Å². The van der Waals surface area contributed by atoms with E-state index in [2.05, 4.69) is 22.3 Å². The number of carbonyl (C=O) groups is 1. The van der Waals surface area contributed by atoms with Crippen LogP contribution in [0.3, 0.4) is 0 Å². The van der Waals surface area contributed by atoms with Crippen LogP contribution in [-0.2, 0) is 16.1 Å². The van der Waals surface area contributed by atoms with Gasteiger partial charge in [-0.25, -0.2) is 0 Å². The molecule has 0 unspecified atom stereocenters. The van der Waals surface area contributed by atoms with Crippen LogP contribution in [0.25, 0.3) is 0 Å². The van der Waals surface area contributed by atoms with Gasteiger partial charge in [0.15, 0.2) is 6.10 Å². The van der Waals surface area contributed by atoms with Crippen LogP contribution in [0.4, 0.5) is 5.69 Å². The van der Waals surface area contributed by atoms with Gasteiger partial charge in [-0.2, -0.15) is 0 Å². The number of anilines is 1. The average molecular weight is 389 g/mol. The fraction of sp³-hybridized carbons (Fsp3) is 0.381. The van der Waals surface area contributed by atoms with Crippen LogP contribution < -0.4 is 15.0 Å². The Morgan fingerprint density at radius 2 is 1.89 bits per heavy atom. The maximum absolute atomic E-state index is 12.5. The summed E-state index contributed by atoms with van der Waals surface area (Å²) in [5.74, 6) is 0.380. The van der Waals surface area contributed by atoms with Gasteiger partial charge >= 0.3 is 0 Å². The molecular formula is C21H25ClN2O3. The van der Waals surface area contributed by atoms with E-state index in [4.69, 9.17) is 21.1 Å². The number of rotatable bonds is 7. The smallest absolute Gasteiger partial charge is 0.261 e. The highest BCUT2D eigenvalue weighted by Crippen LogP contribution is 2.25. The first kappa shape index (κ1) is 19.5. The van der Waals surface area contributed by atoms with Crippen molar-refractivity contribution in [2.45, 2.75) is 26.0 Å². The van der Waals surface area contributed by atoms with E-state index in [1.54, 1.807) is 12.1 Å². The molecule has 144 valence electrons. The van der Waals surface area contributed by atoms with Gasteiger partial charge in [-0.3, -0.25) is 4.79 Å². The highest BCUT2D eigenvalue weighted by molar-refractivity contribution is 6.32.